The van der Waals surface area contributed by atoms with E-state index in [0.717, 1.165) is 11.0 Å². The van der Waals surface area contributed by atoms with Crippen LogP contribution in [-0.2, 0) is 7.05 Å². The largest absolute Gasteiger partial charge is 0.348 e. The monoisotopic (exact) mass is 313 g/mol. The third-order valence-corrected chi connectivity index (χ3v) is 3.70. The molecule has 1 aliphatic heterocycles. The molecule has 1 aromatic carbocycles. The molecule has 0 unspecified atom stereocenters. The topological polar surface area (TPSA) is 103 Å². The van der Waals surface area contributed by atoms with Crippen molar-refractivity contribution in [2.45, 2.75) is 0 Å². The van der Waals surface area contributed by atoms with E-state index >= 15 is 0 Å². The molecule has 2 heterocycles. The molecule has 1 aromatic heterocycles. The Kier molecular flexibility index (Phi) is 3.29. The summed E-state index contributed by atoms with van der Waals surface area (Å²) in [6.45, 7) is -0.457. The Balaban J connectivity index is 1.95. The number of carbonyl (C=O) groups excluding carboxylic acids is 3. The molecule has 8 nitrogen and oxygen atoms in total. The van der Waals surface area contributed by atoms with Gasteiger partial charge < -0.3 is 4.57 Å². The zero-order valence-electron chi connectivity index (χ0n) is 12.1. The first-order chi connectivity index (χ1) is 10.9. The van der Waals surface area contributed by atoms with Gasteiger partial charge in [-0.25, -0.2) is 0 Å². The number of hydrogen-bond acceptors (Lipinski definition) is 5. The first-order valence-corrected chi connectivity index (χ1v) is 6.70. The average molecular weight is 313 g/mol. The second kappa shape index (κ2) is 5.16. The number of ketones is 1. The number of hydrogen-bond donors (Lipinski definition) is 0. The van der Waals surface area contributed by atoms with Crippen LogP contribution < -0.4 is 0 Å². The molecule has 0 N–H and O–H groups in total. The highest BCUT2D eigenvalue weighted by molar-refractivity contribution is 6.24. The molecule has 1 aliphatic rings. The van der Waals surface area contributed by atoms with Gasteiger partial charge in [0.2, 0.25) is 0 Å². The summed E-state index contributed by atoms with van der Waals surface area (Å²) >= 11 is 0. The van der Waals surface area contributed by atoms with Crippen LogP contribution in [-0.4, -0.2) is 38.5 Å². The maximum atomic E-state index is 12.4. The molecule has 0 radical (unpaired) electrons. The van der Waals surface area contributed by atoms with E-state index in [9.17, 15) is 24.5 Å². The fourth-order valence-electron chi connectivity index (χ4n) is 2.59. The number of imide groups is 1. The van der Waals surface area contributed by atoms with E-state index < -0.39 is 34.8 Å². The summed E-state index contributed by atoms with van der Waals surface area (Å²) in [5, 5.41) is 11.0. The van der Waals surface area contributed by atoms with E-state index in [0.29, 0.717) is 5.69 Å². The van der Waals surface area contributed by atoms with Gasteiger partial charge in [0.15, 0.2) is 5.78 Å². The highest BCUT2D eigenvalue weighted by Gasteiger charge is 2.41. The zero-order chi connectivity index (χ0) is 16.7. The Labute approximate surface area is 130 Å². The average Bonchev–Trinajstić information content (AvgIpc) is 3.04. The maximum Gasteiger partial charge on any atom is 0.282 e. The Bertz CT molecular complexity index is 868. The second-order valence-corrected chi connectivity index (χ2v) is 5.08. The fraction of sp³-hybridized carbons (Fsp3) is 0.133. The molecule has 116 valence electrons. The Morgan fingerprint density at radius 2 is 1.91 bits per heavy atom. The van der Waals surface area contributed by atoms with Crippen LogP contribution in [0.3, 0.4) is 0 Å². The van der Waals surface area contributed by atoms with E-state index in [1.807, 2.05) is 0 Å². The second-order valence-electron chi connectivity index (χ2n) is 5.08. The van der Waals surface area contributed by atoms with Crippen molar-refractivity contribution in [3.05, 3.63) is 63.5 Å². The Morgan fingerprint density at radius 1 is 1.17 bits per heavy atom. The molecule has 0 bridgehead atoms. The summed E-state index contributed by atoms with van der Waals surface area (Å²) in [4.78, 5) is 48.0. The zero-order valence-corrected chi connectivity index (χ0v) is 12.1. The van der Waals surface area contributed by atoms with E-state index in [1.165, 1.54) is 12.1 Å². The number of Topliss-reactive ketones (excluding diaryl/α,β-unsaturated/α-hetero) is 1. The number of aromatic nitrogens is 1. The van der Waals surface area contributed by atoms with Crippen molar-refractivity contribution in [2.24, 2.45) is 7.05 Å². The van der Waals surface area contributed by atoms with Gasteiger partial charge in [0.1, 0.15) is 5.56 Å². The minimum atomic E-state index is -0.820. The van der Waals surface area contributed by atoms with Crippen LogP contribution in [0.15, 0.2) is 36.5 Å². The molecular weight excluding hydrogens is 302 g/mol. The van der Waals surface area contributed by atoms with Crippen molar-refractivity contribution in [3.63, 3.8) is 0 Å². The molecule has 0 spiro atoms. The van der Waals surface area contributed by atoms with Crippen molar-refractivity contribution >= 4 is 23.3 Å². The predicted octanol–water partition coefficient (Wildman–Crippen LogP) is 1.41. The van der Waals surface area contributed by atoms with Crippen molar-refractivity contribution in [1.29, 1.82) is 0 Å². The summed E-state index contributed by atoms with van der Waals surface area (Å²) in [5.74, 6) is -1.94. The lowest BCUT2D eigenvalue weighted by molar-refractivity contribution is -0.385. The highest BCUT2D eigenvalue weighted by atomic mass is 16.6. The van der Waals surface area contributed by atoms with Crippen LogP contribution in [0.25, 0.3) is 0 Å². The number of amides is 2. The van der Waals surface area contributed by atoms with Gasteiger partial charge in [-0.15, -0.1) is 0 Å². The van der Waals surface area contributed by atoms with E-state index in [2.05, 4.69) is 0 Å². The summed E-state index contributed by atoms with van der Waals surface area (Å²) in [6, 6.07) is 7.08. The van der Waals surface area contributed by atoms with Crippen molar-refractivity contribution in [3.8, 4) is 0 Å². The highest BCUT2D eigenvalue weighted by Crippen LogP contribution is 2.30. The SMILES string of the molecule is Cn1cccc1C(=O)CN1C(=O)c2cccc([N+](=O)[O-])c2C1=O. The van der Waals surface area contributed by atoms with Gasteiger partial charge in [-0.3, -0.25) is 29.4 Å². The standard InChI is InChI=1S/C15H11N3O5/c1-16-7-3-6-10(16)12(19)8-17-14(20)9-4-2-5-11(18(22)23)13(9)15(17)21/h2-7H,8H2,1H3. The van der Waals surface area contributed by atoms with E-state index in [1.54, 1.807) is 29.9 Å². The molecule has 3 rings (SSSR count). The molecule has 0 aliphatic carbocycles. The molecular formula is C15H11N3O5. The van der Waals surface area contributed by atoms with E-state index in [4.69, 9.17) is 0 Å². The summed E-state index contributed by atoms with van der Waals surface area (Å²) < 4.78 is 1.57. The third-order valence-electron chi connectivity index (χ3n) is 3.70. The number of rotatable bonds is 4. The number of aryl methyl sites for hydroxylation is 1. The minimum absolute atomic E-state index is 0.0520. The van der Waals surface area contributed by atoms with Gasteiger partial charge in [0, 0.05) is 19.3 Å². The molecule has 0 atom stereocenters. The molecule has 8 heteroatoms. The molecule has 23 heavy (non-hydrogen) atoms. The molecule has 0 saturated carbocycles. The van der Waals surface area contributed by atoms with Crippen LogP contribution in [0.1, 0.15) is 31.2 Å². The van der Waals surface area contributed by atoms with Gasteiger partial charge in [0.05, 0.1) is 22.7 Å². The smallest absolute Gasteiger partial charge is 0.282 e. The summed E-state index contributed by atoms with van der Waals surface area (Å²) in [7, 11) is 1.67. The lowest BCUT2D eigenvalue weighted by Crippen LogP contribution is -2.35. The number of carbonyl (C=O) groups is 3. The number of nitro benzene ring substituents is 1. The van der Waals surface area contributed by atoms with Crippen LogP contribution in [0.5, 0.6) is 0 Å². The maximum absolute atomic E-state index is 12.4. The molecule has 0 fully saturated rings. The molecule has 2 aromatic rings. The molecule has 2 amide bonds. The first kappa shape index (κ1) is 14.6. The normalized spacial score (nSPS) is 13.3. The summed E-state index contributed by atoms with van der Waals surface area (Å²) in [5.41, 5.74) is -0.406. The van der Waals surface area contributed by atoms with Gasteiger partial charge >= 0.3 is 0 Å². The third kappa shape index (κ3) is 2.20. The number of nitrogens with zero attached hydrogens (tertiary/aromatic N) is 3. The number of nitro groups is 1. The van der Waals surface area contributed by atoms with Crippen LogP contribution in [0.4, 0.5) is 5.69 Å². The predicted molar refractivity (Wildman–Crippen MR) is 78.2 cm³/mol. The first-order valence-electron chi connectivity index (χ1n) is 6.70. The van der Waals surface area contributed by atoms with Gasteiger partial charge in [-0.2, -0.15) is 0 Å². The Morgan fingerprint density at radius 3 is 2.52 bits per heavy atom. The molecule has 0 saturated heterocycles. The van der Waals surface area contributed by atoms with Crippen LogP contribution in [0, 0.1) is 10.1 Å². The van der Waals surface area contributed by atoms with Crippen molar-refractivity contribution in [2.75, 3.05) is 6.54 Å². The van der Waals surface area contributed by atoms with Crippen LogP contribution in [0.2, 0.25) is 0 Å². The van der Waals surface area contributed by atoms with Crippen molar-refractivity contribution < 1.29 is 19.3 Å². The lowest BCUT2D eigenvalue weighted by Gasteiger charge is -2.12. The van der Waals surface area contributed by atoms with Gasteiger partial charge in [-0.05, 0) is 18.2 Å². The van der Waals surface area contributed by atoms with E-state index in [-0.39, 0.29) is 11.1 Å². The minimum Gasteiger partial charge on any atom is -0.348 e. The van der Waals surface area contributed by atoms with Crippen LogP contribution >= 0.6 is 0 Å². The lowest BCUT2D eigenvalue weighted by atomic mass is 10.1. The Hall–Kier alpha value is -3.29. The quantitative estimate of drug-likeness (QED) is 0.367. The van der Waals surface area contributed by atoms with Gasteiger partial charge in [-0.1, -0.05) is 6.07 Å². The van der Waals surface area contributed by atoms with Gasteiger partial charge in [0.25, 0.3) is 17.5 Å². The number of benzene rings is 1. The fourth-order valence-corrected chi connectivity index (χ4v) is 2.59. The summed E-state index contributed by atoms with van der Waals surface area (Å²) in [6.07, 6.45) is 1.67. The number of fused-ring (bicyclic) bond motifs is 1. The van der Waals surface area contributed by atoms with Crippen molar-refractivity contribution in [1.82, 2.24) is 9.47 Å².